The highest BCUT2D eigenvalue weighted by molar-refractivity contribution is 14.1. The molecule has 1 atom stereocenters. The van der Waals surface area contributed by atoms with Crippen LogP contribution in [0.4, 0.5) is 11.6 Å². The van der Waals surface area contributed by atoms with Crippen molar-refractivity contribution >= 4 is 45.3 Å². The van der Waals surface area contributed by atoms with Crippen LogP contribution in [0.3, 0.4) is 0 Å². The van der Waals surface area contributed by atoms with Crippen molar-refractivity contribution in [2.75, 3.05) is 22.9 Å². The molecular formula is C14H17IN4. The van der Waals surface area contributed by atoms with Crippen molar-refractivity contribution in [3.63, 3.8) is 0 Å². The summed E-state index contributed by atoms with van der Waals surface area (Å²) in [5, 5.41) is 0. The molecule has 0 fully saturated rings. The van der Waals surface area contributed by atoms with Gasteiger partial charge in [0.05, 0.1) is 5.52 Å². The molecule has 0 spiro atoms. The molecule has 1 aromatic carbocycles. The van der Waals surface area contributed by atoms with Gasteiger partial charge in [0.2, 0.25) is 0 Å². The Hall–Kier alpha value is -1.11. The number of nitrogens with zero attached hydrogens (tertiary/aromatic N) is 4. The summed E-state index contributed by atoms with van der Waals surface area (Å²) in [7, 11) is 0. The van der Waals surface area contributed by atoms with Gasteiger partial charge < -0.3 is 9.80 Å². The first-order chi connectivity index (χ1) is 9.17. The van der Waals surface area contributed by atoms with Crippen LogP contribution in [0.5, 0.6) is 0 Å². The van der Waals surface area contributed by atoms with E-state index in [1.54, 1.807) is 0 Å². The average molecular weight is 368 g/mol. The number of anilines is 2. The number of hydrogen-bond donors (Lipinski definition) is 0. The fourth-order valence-electron chi connectivity index (χ4n) is 2.76. The molecule has 19 heavy (non-hydrogen) atoms. The van der Waals surface area contributed by atoms with Gasteiger partial charge in [-0.05, 0) is 55.5 Å². The summed E-state index contributed by atoms with van der Waals surface area (Å²) in [6.07, 6.45) is 0.333. The molecule has 0 amide bonds. The number of aromatic nitrogens is 2. The Morgan fingerprint density at radius 1 is 1.11 bits per heavy atom. The van der Waals surface area contributed by atoms with Crippen LogP contribution >= 0.6 is 22.6 Å². The normalized spacial score (nSPS) is 18.2. The monoisotopic (exact) mass is 368 g/mol. The Morgan fingerprint density at radius 2 is 1.74 bits per heavy atom. The van der Waals surface area contributed by atoms with Gasteiger partial charge in [-0.3, -0.25) is 0 Å². The zero-order valence-corrected chi connectivity index (χ0v) is 13.5. The lowest BCUT2D eigenvalue weighted by atomic mass is 10.3. The van der Waals surface area contributed by atoms with Gasteiger partial charge in [-0.1, -0.05) is 6.07 Å². The molecule has 1 aliphatic heterocycles. The third-order valence-corrected chi connectivity index (χ3v) is 4.61. The van der Waals surface area contributed by atoms with Gasteiger partial charge in [0.15, 0.2) is 11.6 Å². The summed E-state index contributed by atoms with van der Waals surface area (Å²) in [4.78, 5) is 14.3. The number of para-hydroxylation sites is 1. The van der Waals surface area contributed by atoms with Crippen molar-refractivity contribution in [1.82, 2.24) is 9.97 Å². The third-order valence-electron chi connectivity index (χ3n) is 3.74. The minimum Gasteiger partial charge on any atom is -0.334 e. The highest BCUT2D eigenvalue weighted by atomic mass is 127. The average Bonchev–Trinajstić information content (AvgIpc) is 2.67. The summed E-state index contributed by atoms with van der Waals surface area (Å²) < 4.78 is 1.16. The van der Waals surface area contributed by atoms with E-state index < -0.39 is 0 Å². The fourth-order valence-corrected chi connectivity index (χ4v) is 3.36. The summed E-state index contributed by atoms with van der Waals surface area (Å²) in [6.45, 7) is 8.45. The zero-order chi connectivity index (χ0) is 13.6. The van der Waals surface area contributed by atoms with Gasteiger partial charge in [0.25, 0.3) is 0 Å². The molecule has 1 unspecified atom stereocenters. The first-order valence-electron chi connectivity index (χ1n) is 6.67. The van der Waals surface area contributed by atoms with Crippen LogP contribution < -0.4 is 9.80 Å². The van der Waals surface area contributed by atoms with E-state index in [1.165, 1.54) is 0 Å². The van der Waals surface area contributed by atoms with Crippen LogP contribution in [0.15, 0.2) is 18.2 Å². The minimum atomic E-state index is 0.333. The highest BCUT2D eigenvalue weighted by Gasteiger charge is 2.34. The topological polar surface area (TPSA) is 32.3 Å². The van der Waals surface area contributed by atoms with Crippen LogP contribution in [-0.4, -0.2) is 29.2 Å². The molecule has 4 nitrogen and oxygen atoms in total. The lowest BCUT2D eigenvalue weighted by Crippen LogP contribution is -2.40. The van der Waals surface area contributed by atoms with Crippen LogP contribution in [0, 0.1) is 3.57 Å². The molecule has 2 heterocycles. The van der Waals surface area contributed by atoms with Crippen LogP contribution in [0.1, 0.15) is 20.8 Å². The molecule has 5 heteroatoms. The zero-order valence-electron chi connectivity index (χ0n) is 11.4. The van der Waals surface area contributed by atoms with Crippen molar-refractivity contribution in [1.29, 1.82) is 0 Å². The molecule has 0 saturated heterocycles. The SMILES string of the molecule is CCN1c2nc3cccc(I)c3nc2N(CC)C1C. The van der Waals surface area contributed by atoms with Gasteiger partial charge in [0.1, 0.15) is 11.7 Å². The maximum atomic E-state index is 4.87. The van der Waals surface area contributed by atoms with E-state index >= 15 is 0 Å². The lowest BCUT2D eigenvalue weighted by Gasteiger charge is -2.26. The number of benzene rings is 1. The lowest BCUT2D eigenvalue weighted by molar-refractivity contribution is 0.638. The fraction of sp³-hybridized carbons (Fsp3) is 0.429. The molecule has 0 saturated carbocycles. The number of fused-ring (bicyclic) bond motifs is 2. The van der Waals surface area contributed by atoms with Gasteiger partial charge in [-0.25, -0.2) is 9.97 Å². The molecule has 1 aromatic heterocycles. The summed E-state index contributed by atoms with van der Waals surface area (Å²) in [5.74, 6) is 2.04. The summed E-state index contributed by atoms with van der Waals surface area (Å²) in [5.41, 5.74) is 1.99. The van der Waals surface area contributed by atoms with E-state index in [-0.39, 0.29) is 0 Å². The largest absolute Gasteiger partial charge is 0.334 e. The van der Waals surface area contributed by atoms with Crippen molar-refractivity contribution in [3.05, 3.63) is 21.8 Å². The van der Waals surface area contributed by atoms with E-state index in [0.717, 1.165) is 39.3 Å². The van der Waals surface area contributed by atoms with Crippen LogP contribution in [0.2, 0.25) is 0 Å². The number of hydrogen-bond acceptors (Lipinski definition) is 4. The van der Waals surface area contributed by atoms with E-state index in [2.05, 4.69) is 59.2 Å². The first-order valence-corrected chi connectivity index (χ1v) is 7.74. The van der Waals surface area contributed by atoms with Crippen molar-refractivity contribution in [2.24, 2.45) is 0 Å². The van der Waals surface area contributed by atoms with Gasteiger partial charge in [-0.15, -0.1) is 0 Å². The van der Waals surface area contributed by atoms with Crippen LogP contribution in [-0.2, 0) is 0 Å². The van der Waals surface area contributed by atoms with E-state index in [0.29, 0.717) is 6.17 Å². The molecule has 100 valence electrons. The second-order valence-electron chi connectivity index (χ2n) is 4.68. The molecule has 1 aliphatic rings. The number of rotatable bonds is 2. The molecule has 2 aromatic rings. The molecule has 0 N–H and O–H groups in total. The Morgan fingerprint density at radius 3 is 2.37 bits per heavy atom. The Labute approximate surface area is 127 Å². The van der Waals surface area contributed by atoms with Gasteiger partial charge >= 0.3 is 0 Å². The smallest absolute Gasteiger partial charge is 0.174 e. The Kier molecular flexibility index (Phi) is 3.24. The molecule has 0 bridgehead atoms. The van der Waals surface area contributed by atoms with E-state index in [9.17, 15) is 0 Å². The molecule has 3 rings (SSSR count). The van der Waals surface area contributed by atoms with E-state index in [4.69, 9.17) is 9.97 Å². The van der Waals surface area contributed by atoms with Crippen molar-refractivity contribution in [2.45, 2.75) is 26.9 Å². The maximum Gasteiger partial charge on any atom is 0.174 e. The Bertz CT molecular complexity index is 628. The van der Waals surface area contributed by atoms with Crippen molar-refractivity contribution in [3.8, 4) is 0 Å². The molecule has 0 radical (unpaired) electrons. The molecule has 0 aliphatic carbocycles. The quantitative estimate of drug-likeness (QED) is 0.762. The predicted molar refractivity (Wildman–Crippen MR) is 87.8 cm³/mol. The maximum absolute atomic E-state index is 4.87. The standard InChI is InChI=1S/C14H17IN4/c1-4-18-9(3)19(5-2)14-13(18)16-11-8-6-7-10(15)12(11)17-14/h6-9H,4-5H2,1-3H3. The minimum absolute atomic E-state index is 0.333. The van der Waals surface area contributed by atoms with E-state index in [1.807, 2.05) is 12.1 Å². The second kappa shape index (κ2) is 4.77. The van der Waals surface area contributed by atoms with Crippen molar-refractivity contribution < 1.29 is 0 Å². The Balaban J connectivity index is 2.27. The molecular weight excluding hydrogens is 351 g/mol. The van der Waals surface area contributed by atoms with Gasteiger partial charge in [-0.2, -0.15) is 0 Å². The van der Waals surface area contributed by atoms with Crippen LogP contribution in [0.25, 0.3) is 11.0 Å². The highest BCUT2D eigenvalue weighted by Crippen LogP contribution is 2.37. The summed E-state index contributed by atoms with van der Waals surface area (Å²) >= 11 is 2.33. The third kappa shape index (κ3) is 1.86. The predicted octanol–water partition coefficient (Wildman–Crippen LogP) is 3.25. The van der Waals surface area contributed by atoms with Gasteiger partial charge in [0, 0.05) is 16.7 Å². The second-order valence-corrected chi connectivity index (χ2v) is 5.84. The first kappa shape index (κ1) is 12.9. The summed E-state index contributed by atoms with van der Waals surface area (Å²) in [6, 6.07) is 6.16. The number of halogens is 1.